The van der Waals surface area contributed by atoms with Gasteiger partial charge in [-0.25, -0.2) is 13.9 Å². The summed E-state index contributed by atoms with van der Waals surface area (Å²) in [5.74, 6) is -1.08. The van der Waals surface area contributed by atoms with Crippen molar-refractivity contribution in [2.24, 2.45) is 0 Å². The van der Waals surface area contributed by atoms with Crippen LogP contribution in [0.25, 0.3) is 0 Å². The van der Waals surface area contributed by atoms with E-state index in [9.17, 15) is 9.18 Å². The van der Waals surface area contributed by atoms with E-state index < -0.39 is 11.8 Å². The van der Waals surface area contributed by atoms with Gasteiger partial charge in [0.2, 0.25) is 0 Å². The van der Waals surface area contributed by atoms with Gasteiger partial charge in [0.25, 0.3) is 0 Å². The minimum atomic E-state index is -0.580. The highest BCUT2D eigenvalue weighted by molar-refractivity contribution is 6.31. The topological polar surface area (TPSA) is 57.0 Å². The molecule has 0 fully saturated rings. The second kappa shape index (κ2) is 6.49. The van der Waals surface area contributed by atoms with Gasteiger partial charge in [0, 0.05) is 0 Å². The zero-order valence-electron chi connectivity index (χ0n) is 11.3. The van der Waals surface area contributed by atoms with Crippen LogP contribution in [0, 0.1) is 12.7 Å². The number of aromatic nitrogens is 3. The molecule has 2 rings (SSSR count). The van der Waals surface area contributed by atoms with E-state index >= 15 is 0 Å². The molecule has 0 bridgehead atoms. The Balaban J connectivity index is 2.22. The molecule has 0 saturated heterocycles. The van der Waals surface area contributed by atoms with Crippen LogP contribution in [0.3, 0.4) is 0 Å². The van der Waals surface area contributed by atoms with Gasteiger partial charge in [0.05, 0.1) is 17.3 Å². The average Bonchev–Trinajstić information content (AvgIpc) is 2.83. The highest BCUT2D eigenvalue weighted by atomic mass is 35.5. The summed E-state index contributed by atoms with van der Waals surface area (Å²) >= 11 is 5.89. The Morgan fingerprint density at radius 1 is 1.57 bits per heavy atom. The van der Waals surface area contributed by atoms with E-state index in [1.54, 1.807) is 19.1 Å². The molecule has 0 N–H and O–H groups in total. The number of ether oxygens (including phenoxy) is 1. The van der Waals surface area contributed by atoms with Crippen LogP contribution < -0.4 is 0 Å². The van der Waals surface area contributed by atoms with E-state index in [0.717, 1.165) is 0 Å². The average molecular weight is 310 g/mol. The first-order chi connectivity index (χ1) is 10.0. The maximum Gasteiger partial charge on any atom is 0.361 e. The fourth-order valence-corrected chi connectivity index (χ4v) is 1.92. The molecule has 1 aromatic heterocycles. The van der Waals surface area contributed by atoms with Crippen LogP contribution in [0.2, 0.25) is 5.02 Å². The molecule has 7 heteroatoms. The van der Waals surface area contributed by atoms with Crippen LogP contribution in [0.5, 0.6) is 0 Å². The van der Waals surface area contributed by atoms with Crippen molar-refractivity contribution < 1.29 is 13.9 Å². The third-order valence-electron chi connectivity index (χ3n) is 2.86. The second-order valence-electron chi connectivity index (χ2n) is 4.28. The maximum atomic E-state index is 13.4. The minimum absolute atomic E-state index is 0.0307. The number of nitrogens with zero attached hydrogens (tertiary/aromatic N) is 3. The Morgan fingerprint density at radius 3 is 3.05 bits per heavy atom. The first-order valence-electron chi connectivity index (χ1n) is 6.15. The molecule has 0 aliphatic carbocycles. The molecule has 1 heterocycles. The maximum absolute atomic E-state index is 13.4. The van der Waals surface area contributed by atoms with Crippen molar-refractivity contribution in [3.05, 3.63) is 58.6 Å². The number of halogens is 2. The molecule has 5 nitrogen and oxygen atoms in total. The molecule has 0 aliphatic heterocycles. The fraction of sp³-hybridized carbons (Fsp3) is 0.214. The van der Waals surface area contributed by atoms with Crippen LogP contribution in [0.4, 0.5) is 4.39 Å². The third kappa shape index (κ3) is 3.28. The van der Waals surface area contributed by atoms with Crippen LogP contribution >= 0.6 is 11.6 Å². The zero-order valence-corrected chi connectivity index (χ0v) is 12.1. The van der Waals surface area contributed by atoms with Crippen molar-refractivity contribution in [2.75, 3.05) is 6.61 Å². The molecular weight excluding hydrogens is 297 g/mol. The molecule has 0 aliphatic rings. The molecule has 0 spiro atoms. The summed E-state index contributed by atoms with van der Waals surface area (Å²) in [7, 11) is 0. The highest BCUT2D eigenvalue weighted by Crippen LogP contribution is 2.21. The molecule has 21 heavy (non-hydrogen) atoms. The van der Waals surface area contributed by atoms with Crippen molar-refractivity contribution in [2.45, 2.75) is 13.5 Å². The standard InChI is InChI=1S/C14H13ClFN3O2/c1-3-7-21-14(20)13-9(2)19(18-17-13)8-10-5-4-6-11(16)12(10)15/h3-6H,1,7-8H2,2H3. The largest absolute Gasteiger partial charge is 0.457 e. The quantitative estimate of drug-likeness (QED) is 0.629. The van der Waals surface area contributed by atoms with Crippen molar-refractivity contribution in [3.8, 4) is 0 Å². The van der Waals surface area contributed by atoms with Crippen LogP contribution in [0.15, 0.2) is 30.9 Å². The predicted octanol–water partition coefficient (Wildman–Crippen LogP) is 2.77. The van der Waals surface area contributed by atoms with E-state index in [-0.39, 0.29) is 23.9 Å². The predicted molar refractivity (Wildman–Crippen MR) is 75.8 cm³/mol. The summed E-state index contributed by atoms with van der Waals surface area (Å²) in [5.41, 5.74) is 1.18. The number of esters is 1. The molecule has 0 saturated carbocycles. The Kier molecular flexibility index (Phi) is 4.70. The summed E-state index contributed by atoms with van der Waals surface area (Å²) < 4.78 is 19.8. The van der Waals surface area contributed by atoms with Gasteiger partial charge in [0.15, 0.2) is 5.69 Å². The lowest BCUT2D eigenvalue weighted by atomic mass is 10.2. The lowest BCUT2D eigenvalue weighted by Crippen LogP contribution is -2.09. The Morgan fingerprint density at radius 2 is 2.33 bits per heavy atom. The lowest BCUT2D eigenvalue weighted by Gasteiger charge is -2.06. The SMILES string of the molecule is C=CCOC(=O)c1nnn(Cc2cccc(F)c2Cl)c1C. The van der Waals surface area contributed by atoms with E-state index in [2.05, 4.69) is 16.9 Å². The van der Waals surface area contributed by atoms with E-state index in [4.69, 9.17) is 16.3 Å². The summed E-state index contributed by atoms with van der Waals surface area (Å²) in [6, 6.07) is 4.52. The molecule has 0 unspecified atom stereocenters. The minimum Gasteiger partial charge on any atom is -0.457 e. The molecule has 110 valence electrons. The van der Waals surface area contributed by atoms with Crippen molar-refractivity contribution >= 4 is 17.6 Å². The summed E-state index contributed by atoms with van der Waals surface area (Å²) in [6.45, 7) is 5.45. The number of carbonyl (C=O) groups is 1. The number of hydrogen-bond acceptors (Lipinski definition) is 4. The molecule has 2 aromatic rings. The highest BCUT2D eigenvalue weighted by Gasteiger charge is 2.18. The van der Waals surface area contributed by atoms with Gasteiger partial charge in [-0.15, -0.1) is 5.10 Å². The van der Waals surface area contributed by atoms with Gasteiger partial charge >= 0.3 is 5.97 Å². The zero-order chi connectivity index (χ0) is 15.4. The van der Waals surface area contributed by atoms with Crippen molar-refractivity contribution in [1.29, 1.82) is 0 Å². The molecule has 0 atom stereocenters. The fourth-order valence-electron chi connectivity index (χ4n) is 1.73. The van der Waals surface area contributed by atoms with Crippen LogP contribution in [-0.4, -0.2) is 27.6 Å². The Labute approximate surface area is 126 Å². The molecular formula is C14H13ClFN3O2. The third-order valence-corrected chi connectivity index (χ3v) is 3.28. The summed E-state index contributed by atoms with van der Waals surface area (Å²) in [6.07, 6.45) is 1.46. The monoisotopic (exact) mass is 309 g/mol. The first-order valence-corrected chi connectivity index (χ1v) is 6.53. The van der Waals surface area contributed by atoms with Gasteiger partial charge in [-0.3, -0.25) is 0 Å². The van der Waals surface area contributed by atoms with Crippen LogP contribution in [0.1, 0.15) is 21.7 Å². The molecule has 1 aromatic carbocycles. The first kappa shape index (κ1) is 15.2. The van der Waals surface area contributed by atoms with E-state index in [1.165, 1.54) is 16.8 Å². The Hall–Kier alpha value is -2.21. The van der Waals surface area contributed by atoms with Crippen molar-refractivity contribution in [3.63, 3.8) is 0 Å². The normalized spacial score (nSPS) is 10.4. The smallest absolute Gasteiger partial charge is 0.361 e. The number of carbonyl (C=O) groups excluding carboxylic acids is 1. The van der Waals surface area contributed by atoms with E-state index in [0.29, 0.717) is 11.3 Å². The molecule has 0 amide bonds. The van der Waals surface area contributed by atoms with Gasteiger partial charge in [-0.1, -0.05) is 41.6 Å². The Bertz CT molecular complexity index is 685. The number of rotatable bonds is 5. The lowest BCUT2D eigenvalue weighted by molar-refractivity contribution is 0.0542. The summed E-state index contributed by atoms with van der Waals surface area (Å²) in [5, 5.41) is 7.68. The van der Waals surface area contributed by atoms with Crippen LogP contribution in [-0.2, 0) is 11.3 Å². The van der Waals surface area contributed by atoms with Gasteiger partial charge < -0.3 is 4.74 Å². The number of hydrogen-bond donors (Lipinski definition) is 0. The second-order valence-corrected chi connectivity index (χ2v) is 4.66. The van der Waals surface area contributed by atoms with Gasteiger partial charge in [-0.05, 0) is 18.6 Å². The number of benzene rings is 1. The summed E-state index contributed by atoms with van der Waals surface area (Å²) in [4.78, 5) is 11.7. The van der Waals surface area contributed by atoms with Crippen molar-refractivity contribution in [1.82, 2.24) is 15.0 Å². The van der Waals surface area contributed by atoms with Gasteiger partial charge in [-0.2, -0.15) is 0 Å². The van der Waals surface area contributed by atoms with E-state index in [1.807, 2.05) is 0 Å². The molecule has 0 radical (unpaired) electrons. The van der Waals surface area contributed by atoms with Gasteiger partial charge in [0.1, 0.15) is 12.4 Å².